The molecule has 0 spiro atoms. The molecular formula is C13H20O. The van der Waals surface area contributed by atoms with E-state index >= 15 is 0 Å². The van der Waals surface area contributed by atoms with Gasteiger partial charge in [0.15, 0.2) is 0 Å². The van der Waals surface area contributed by atoms with Crippen LogP contribution in [0.1, 0.15) is 32.3 Å². The van der Waals surface area contributed by atoms with Gasteiger partial charge in [-0.25, -0.2) is 0 Å². The monoisotopic (exact) mass is 192 g/mol. The first-order valence-electron chi connectivity index (χ1n) is 5.40. The second-order valence-corrected chi connectivity index (χ2v) is 4.22. The molecule has 0 aliphatic rings. The van der Waals surface area contributed by atoms with Gasteiger partial charge in [-0.15, -0.1) is 0 Å². The van der Waals surface area contributed by atoms with E-state index in [4.69, 9.17) is 5.11 Å². The molecule has 0 unspecified atom stereocenters. The number of aliphatic hydroxyl groups excluding tert-OH is 1. The molecule has 1 rings (SSSR count). The Morgan fingerprint density at radius 2 is 1.71 bits per heavy atom. The Hall–Kier alpha value is -0.820. The van der Waals surface area contributed by atoms with Crippen LogP contribution in [0, 0.1) is 5.92 Å². The van der Waals surface area contributed by atoms with Gasteiger partial charge in [-0.1, -0.05) is 37.3 Å². The predicted molar refractivity (Wildman–Crippen MR) is 60.2 cm³/mol. The second-order valence-electron chi connectivity index (χ2n) is 4.22. The maximum absolute atomic E-state index is 9.17. The van der Waals surface area contributed by atoms with Crippen molar-refractivity contribution in [3.63, 3.8) is 0 Å². The van der Waals surface area contributed by atoms with Crippen LogP contribution >= 0.6 is 0 Å². The Bertz CT molecular complexity index is 241. The quantitative estimate of drug-likeness (QED) is 0.760. The molecule has 0 aliphatic heterocycles. The minimum Gasteiger partial charge on any atom is -0.393 e. The average Bonchev–Trinajstić information content (AvgIpc) is 2.16. The third-order valence-corrected chi connectivity index (χ3v) is 2.50. The molecule has 1 nitrogen and oxygen atoms in total. The van der Waals surface area contributed by atoms with Crippen molar-refractivity contribution in [3.8, 4) is 0 Å². The van der Waals surface area contributed by atoms with E-state index < -0.39 is 0 Å². The van der Waals surface area contributed by atoms with Crippen LogP contribution in [0.25, 0.3) is 0 Å². The van der Waals surface area contributed by atoms with Crippen molar-refractivity contribution in [3.05, 3.63) is 35.9 Å². The highest BCUT2D eigenvalue weighted by Crippen LogP contribution is 2.14. The zero-order valence-corrected chi connectivity index (χ0v) is 9.11. The number of rotatable bonds is 5. The van der Waals surface area contributed by atoms with Crippen LogP contribution in [-0.4, -0.2) is 11.2 Å². The smallest absolute Gasteiger partial charge is 0.0512 e. The fourth-order valence-corrected chi connectivity index (χ4v) is 1.64. The Balaban J connectivity index is 2.30. The number of benzene rings is 1. The topological polar surface area (TPSA) is 20.2 Å². The van der Waals surface area contributed by atoms with Crippen molar-refractivity contribution in [2.24, 2.45) is 5.92 Å². The molecule has 1 N–H and O–H groups in total. The van der Waals surface area contributed by atoms with Gasteiger partial charge in [0.25, 0.3) is 0 Å². The van der Waals surface area contributed by atoms with Gasteiger partial charge < -0.3 is 5.11 Å². The molecule has 1 heteroatoms. The van der Waals surface area contributed by atoms with Crippen molar-refractivity contribution in [2.75, 3.05) is 0 Å². The molecule has 0 bridgehead atoms. The third kappa shape index (κ3) is 4.43. The molecule has 0 aliphatic carbocycles. The van der Waals surface area contributed by atoms with Crippen LogP contribution < -0.4 is 0 Å². The average molecular weight is 192 g/mol. The molecule has 2 atom stereocenters. The van der Waals surface area contributed by atoms with Crippen molar-refractivity contribution < 1.29 is 5.11 Å². The third-order valence-electron chi connectivity index (χ3n) is 2.50. The predicted octanol–water partition coefficient (Wildman–Crippen LogP) is 3.03. The van der Waals surface area contributed by atoms with E-state index in [0.717, 1.165) is 19.3 Å². The summed E-state index contributed by atoms with van der Waals surface area (Å²) in [5.74, 6) is 0.659. The highest BCUT2D eigenvalue weighted by molar-refractivity contribution is 5.14. The van der Waals surface area contributed by atoms with Crippen LogP contribution in [0.2, 0.25) is 0 Å². The second kappa shape index (κ2) is 5.82. The molecule has 0 saturated heterocycles. The van der Waals surface area contributed by atoms with Crippen molar-refractivity contribution in [2.45, 2.75) is 39.2 Å². The fourth-order valence-electron chi connectivity index (χ4n) is 1.64. The van der Waals surface area contributed by atoms with E-state index in [9.17, 15) is 0 Å². The summed E-state index contributed by atoms with van der Waals surface area (Å²) in [5.41, 5.74) is 1.39. The lowest BCUT2D eigenvalue weighted by molar-refractivity contribution is 0.174. The summed E-state index contributed by atoms with van der Waals surface area (Å²) in [7, 11) is 0. The van der Waals surface area contributed by atoms with Gasteiger partial charge >= 0.3 is 0 Å². The fraction of sp³-hybridized carbons (Fsp3) is 0.538. The lowest BCUT2D eigenvalue weighted by Gasteiger charge is -2.12. The van der Waals surface area contributed by atoms with Gasteiger partial charge in [0.2, 0.25) is 0 Å². The van der Waals surface area contributed by atoms with Crippen molar-refractivity contribution >= 4 is 0 Å². The zero-order chi connectivity index (χ0) is 10.4. The SMILES string of the molecule is C[C@H](CC[C@@H](C)O)Cc1ccccc1. The number of hydrogen-bond acceptors (Lipinski definition) is 1. The Kier molecular flexibility index (Phi) is 4.68. The summed E-state index contributed by atoms with van der Waals surface area (Å²) in [6.07, 6.45) is 2.97. The molecular weight excluding hydrogens is 172 g/mol. The first-order valence-corrected chi connectivity index (χ1v) is 5.40. The van der Waals surface area contributed by atoms with Gasteiger partial charge in [-0.05, 0) is 37.7 Å². The number of hydrogen-bond donors (Lipinski definition) is 1. The van der Waals surface area contributed by atoms with Crippen LogP contribution in [0.15, 0.2) is 30.3 Å². The summed E-state index contributed by atoms with van der Waals surface area (Å²) in [6, 6.07) is 10.5. The number of aliphatic hydroxyl groups is 1. The van der Waals surface area contributed by atoms with Gasteiger partial charge in [0.05, 0.1) is 6.10 Å². The first-order chi connectivity index (χ1) is 6.68. The summed E-state index contributed by atoms with van der Waals surface area (Å²) in [5, 5.41) is 9.17. The lowest BCUT2D eigenvalue weighted by atomic mass is 9.95. The molecule has 0 fully saturated rings. The molecule has 0 saturated carbocycles. The van der Waals surface area contributed by atoms with Crippen LogP contribution in [0.3, 0.4) is 0 Å². The van der Waals surface area contributed by atoms with Gasteiger partial charge in [-0.2, -0.15) is 0 Å². The molecule has 0 aromatic heterocycles. The maximum atomic E-state index is 9.17. The Morgan fingerprint density at radius 1 is 1.07 bits per heavy atom. The summed E-state index contributed by atoms with van der Waals surface area (Å²) in [4.78, 5) is 0. The summed E-state index contributed by atoms with van der Waals surface area (Å²) < 4.78 is 0. The maximum Gasteiger partial charge on any atom is 0.0512 e. The van der Waals surface area contributed by atoms with Crippen molar-refractivity contribution in [1.82, 2.24) is 0 Å². The standard InChI is InChI=1S/C13H20O/c1-11(8-9-12(2)14)10-13-6-4-3-5-7-13/h3-7,11-12,14H,8-10H2,1-2H3/t11-,12-/m1/s1. The largest absolute Gasteiger partial charge is 0.393 e. The van der Waals surface area contributed by atoms with E-state index in [-0.39, 0.29) is 6.10 Å². The highest BCUT2D eigenvalue weighted by atomic mass is 16.3. The molecule has 0 heterocycles. The van der Waals surface area contributed by atoms with E-state index in [1.54, 1.807) is 0 Å². The van der Waals surface area contributed by atoms with E-state index in [2.05, 4.69) is 31.2 Å². The van der Waals surface area contributed by atoms with E-state index in [1.807, 2.05) is 13.0 Å². The summed E-state index contributed by atoms with van der Waals surface area (Å²) in [6.45, 7) is 4.10. The van der Waals surface area contributed by atoms with Gasteiger partial charge in [0, 0.05) is 0 Å². The van der Waals surface area contributed by atoms with Crippen LogP contribution in [0.5, 0.6) is 0 Å². The minimum absolute atomic E-state index is 0.159. The zero-order valence-electron chi connectivity index (χ0n) is 9.11. The van der Waals surface area contributed by atoms with E-state index in [0.29, 0.717) is 5.92 Å². The van der Waals surface area contributed by atoms with Crippen LogP contribution in [0.4, 0.5) is 0 Å². The molecule has 78 valence electrons. The molecule has 0 radical (unpaired) electrons. The van der Waals surface area contributed by atoms with E-state index in [1.165, 1.54) is 5.56 Å². The lowest BCUT2D eigenvalue weighted by Crippen LogP contribution is -2.05. The summed E-state index contributed by atoms with van der Waals surface area (Å²) >= 11 is 0. The molecule has 0 amide bonds. The first kappa shape index (κ1) is 11.3. The molecule has 1 aromatic rings. The van der Waals surface area contributed by atoms with Crippen molar-refractivity contribution in [1.29, 1.82) is 0 Å². The highest BCUT2D eigenvalue weighted by Gasteiger charge is 2.05. The molecule has 1 aromatic carbocycles. The van der Waals surface area contributed by atoms with Crippen LogP contribution in [-0.2, 0) is 6.42 Å². The normalized spacial score (nSPS) is 15.1. The Labute approximate surface area is 86.8 Å². The minimum atomic E-state index is -0.159. The van der Waals surface area contributed by atoms with Gasteiger partial charge in [0.1, 0.15) is 0 Å². The van der Waals surface area contributed by atoms with Gasteiger partial charge in [-0.3, -0.25) is 0 Å². The Morgan fingerprint density at radius 3 is 2.29 bits per heavy atom. The molecule has 14 heavy (non-hydrogen) atoms.